The average molecular weight is 527 g/mol. The Balaban J connectivity index is 1.38. The molecule has 0 saturated carbocycles. The van der Waals surface area contributed by atoms with Gasteiger partial charge in [-0.05, 0) is 0 Å². The van der Waals surface area contributed by atoms with Crippen molar-refractivity contribution in [1.82, 2.24) is 10.5 Å². The van der Waals surface area contributed by atoms with Crippen molar-refractivity contribution in [1.29, 1.82) is 0 Å². The van der Waals surface area contributed by atoms with Gasteiger partial charge in [-0.25, -0.2) is 0 Å². The van der Waals surface area contributed by atoms with E-state index in [1.807, 2.05) is 36.5 Å². The predicted molar refractivity (Wildman–Crippen MR) is 126 cm³/mol. The molecule has 5 rings (SSSR count). The zero-order valence-corrected chi connectivity index (χ0v) is 20.6. The van der Waals surface area contributed by atoms with Crippen molar-refractivity contribution in [3.8, 4) is 0 Å². The van der Waals surface area contributed by atoms with Crippen molar-refractivity contribution in [2.45, 2.75) is 48.1 Å². The second kappa shape index (κ2) is 9.01. The number of hydrogen-bond acceptors (Lipinski definition) is 5. The predicted octanol–water partition coefficient (Wildman–Crippen LogP) is 4.11. The van der Waals surface area contributed by atoms with E-state index in [1.54, 1.807) is 17.6 Å². The average Bonchev–Trinajstić information content (AvgIpc) is 3.42. The molecule has 2 aromatic heterocycles. The maximum absolute atomic E-state index is 13.3. The van der Waals surface area contributed by atoms with Gasteiger partial charge in [0.25, 0.3) is 0 Å². The minimum absolute atomic E-state index is 0.170. The zero-order chi connectivity index (χ0) is 23.0. The summed E-state index contributed by atoms with van der Waals surface area (Å²) in [5.41, 5.74) is 5.44. The van der Waals surface area contributed by atoms with Gasteiger partial charge in [-0.1, -0.05) is 0 Å². The third-order valence-electron chi connectivity index (χ3n) is 6.27. The minimum atomic E-state index is -3.69. The van der Waals surface area contributed by atoms with Crippen LogP contribution in [0.1, 0.15) is 36.1 Å². The molecule has 4 aromatic rings. The summed E-state index contributed by atoms with van der Waals surface area (Å²) in [6.07, 6.45) is 6.76. The van der Waals surface area contributed by atoms with Gasteiger partial charge >= 0.3 is 197 Å². The summed E-state index contributed by atoms with van der Waals surface area (Å²) in [6, 6.07) is 12.9. The van der Waals surface area contributed by atoms with Crippen LogP contribution < -0.4 is 5.48 Å². The molecule has 1 atom stereocenters. The van der Waals surface area contributed by atoms with Crippen molar-refractivity contribution in [3.63, 3.8) is 0 Å². The number of carbonyl (C=O) groups is 1. The Labute approximate surface area is 197 Å². The van der Waals surface area contributed by atoms with Crippen molar-refractivity contribution in [3.05, 3.63) is 65.5 Å². The van der Waals surface area contributed by atoms with Gasteiger partial charge in [0, 0.05) is 0 Å². The number of hydrogen-bond donors (Lipinski definition) is 3. The summed E-state index contributed by atoms with van der Waals surface area (Å²) in [5.74, 6) is 0.295. The van der Waals surface area contributed by atoms with Crippen LogP contribution in [0.5, 0.6) is 0 Å². The summed E-state index contributed by atoms with van der Waals surface area (Å²) in [6.45, 7) is 0. The number of aromatic nitrogens is 1. The third kappa shape index (κ3) is 4.35. The molecule has 0 spiro atoms. The number of carbonyl (C=O) groups excluding carboxylic acids is 1. The van der Waals surface area contributed by atoms with Crippen molar-refractivity contribution in [2.24, 2.45) is 0 Å². The standard InChI is InChI=1S/C24H24AsN2O5S/c28-24(27-29)20(12-9-15-14-26-21-7-3-1-5-17(15)21)25-33(30,31)16-10-11-19-18-6-2-4-8-22(18)32-23(19)13-16/h1,3,5,7,10-11,13-14,20,26,29H,2,4,6,8-9,12H2,(H,27,28). The fraction of sp³-hybridized carbons (Fsp3) is 0.292. The molecule has 0 bridgehead atoms. The molecule has 7 nitrogen and oxygen atoms in total. The molecule has 2 heterocycles. The summed E-state index contributed by atoms with van der Waals surface area (Å²) in [5, 5.41) is 11.3. The Morgan fingerprint density at radius 2 is 1.97 bits per heavy atom. The zero-order valence-electron chi connectivity index (χ0n) is 17.9. The number of furan rings is 1. The molecule has 0 saturated heterocycles. The molecule has 1 unspecified atom stereocenters. The molecule has 3 N–H and O–H groups in total. The van der Waals surface area contributed by atoms with Crippen LogP contribution in [0.2, 0.25) is 4.71 Å². The number of rotatable bonds is 7. The van der Waals surface area contributed by atoms with Crippen LogP contribution in [-0.2, 0) is 32.2 Å². The first-order valence-corrected chi connectivity index (χ1v) is 15.8. The third-order valence-corrected chi connectivity index (χ3v) is 13.4. The van der Waals surface area contributed by atoms with Gasteiger partial charge in [0.2, 0.25) is 0 Å². The number of aromatic amines is 1. The summed E-state index contributed by atoms with van der Waals surface area (Å²) in [7, 11) is -3.69. The molecule has 0 aliphatic heterocycles. The van der Waals surface area contributed by atoms with Gasteiger partial charge in [-0.15, -0.1) is 0 Å². The molecular formula is C24H24AsN2O5S. The van der Waals surface area contributed by atoms with Crippen molar-refractivity contribution >= 4 is 50.5 Å². The summed E-state index contributed by atoms with van der Waals surface area (Å²) in [4.78, 5) is 15.7. The van der Waals surface area contributed by atoms with Crippen LogP contribution in [0.4, 0.5) is 0 Å². The van der Waals surface area contributed by atoms with Crippen LogP contribution in [0, 0.1) is 0 Å². The second-order valence-corrected chi connectivity index (χ2v) is 15.6. The van der Waals surface area contributed by atoms with Crippen LogP contribution in [0.15, 0.2) is 58.0 Å². The van der Waals surface area contributed by atoms with Crippen LogP contribution in [0.25, 0.3) is 21.9 Å². The first kappa shape index (κ1) is 22.3. The normalized spacial score (nSPS) is 15.3. The Kier molecular flexibility index (Phi) is 6.08. The molecule has 1 aliphatic carbocycles. The monoisotopic (exact) mass is 527 g/mol. The molecule has 0 fully saturated rings. The number of fused-ring (bicyclic) bond motifs is 4. The summed E-state index contributed by atoms with van der Waals surface area (Å²) < 4.78 is 31.7. The van der Waals surface area contributed by atoms with E-state index in [2.05, 4.69) is 4.98 Å². The first-order valence-electron chi connectivity index (χ1n) is 11.0. The first-order chi connectivity index (χ1) is 16.0. The fourth-order valence-corrected chi connectivity index (χ4v) is 11.0. The Bertz CT molecular complexity index is 1440. The Morgan fingerprint density at radius 1 is 1.15 bits per heavy atom. The molecule has 2 aromatic carbocycles. The fourth-order valence-electron chi connectivity index (χ4n) is 4.57. The van der Waals surface area contributed by atoms with E-state index in [-0.39, 0.29) is 4.90 Å². The van der Waals surface area contributed by atoms with Crippen LogP contribution in [-0.4, -0.2) is 39.1 Å². The quantitative estimate of drug-likeness (QED) is 0.190. The number of hydroxylamine groups is 1. The van der Waals surface area contributed by atoms with E-state index in [1.165, 1.54) is 5.56 Å². The van der Waals surface area contributed by atoms with Gasteiger partial charge in [0.15, 0.2) is 0 Å². The molecule has 1 amide bonds. The molecule has 171 valence electrons. The number of aryl methyl sites for hydroxylation is 3. The van der Waals surface area contributed by atoms with E-state index in [9.17, 15) is 18.4 Å². The van der Waals surface area contributed by atoms with Crippen LogP contribution in [0.3, 0.4) is 0 Å². The molecular weight excluding hydrogens is 503 g/mol. The number of benzene rings is 2. The van der Waals surface area contributed by atoms with Gasteiger partial charge in [0.1, 0.15) is 0 Å². The van der Waals surface area contributed by atoms with Gasteiger partial charge < -0.3 is 0 Å². The van der Waals surface area contributed by atoms with E-state index in [0.29, 0.717) is 18.4 Å². The van der Waals surface area contributed by atoms with E-state index >= 15 is 0 Å². The summed E-state index contributed by atoms with van der Waals surface area (Å²) >= 11 is -1.46. The Morgan fingerprint density at radius 3 is 2.82 bits per heavy atom. The van der Waals surface area contributed by atoms with Gasteiger partial charge in [-0.3, -0.25) is 0 Å². The Hall–Kier alpha value is -2.54. The van der Waals surface area contributed by atoms with Gasteiger partial charge in [0.05, 0.1) is 0 Å². The molecule has 1 radical (unpaired) electrons. The van der Waals surface area contributed by atoms with Crippen molar-refractivity contribution in [2.75, 3.05) is 0 Å². The second-order valence-electron chi connectivity index (χ2n) is 8.34. The SMILES string of the molecule is O=C(NO)C(CCc1c[nH]c2ccccc12)[As]S(=O)(=O)c1ccc2c3c(oc2c1)CCCC3. The van der Waals surface area contributed by atoms with E-state index < -0.39 is 33.3 Å². The van der Waals surface area contributed by atoms with Gasteiger partial charge in [-0.2, -0.15) is 0 Å². The number of H-pyrrole nitrogens is 1. The van der Waals surface area contributed by atoms with E-state index in [0.717, 1.165) is 53.3 Å². The maximum atomic E-state index is 13.3. The van der Waals surface area contributed by atoms with Crippen molar-refractivity contribution < 1.29 is 22.8 Å². The number of para-hydroxylation sites is 1. The molecule has 1 aliphatic rings. The number of nitrogens with one attached hydrogen (secondary N) is 2. The topological polar surface area (TPSA) is 112 Å². The number of amides is 1. The van der Waals surface area contributed by atoms with E-state index in [4.69, 9.17) is 4.42 Å². The molecule has 33 heavy (non-hydrogen) atoms. The van der Waals surface area contributed by atoms with Crippen LogP contribution >= 0.6 is 0 Å². The molecule has 9 heteroatoms.